The quantitative estimate of drug-likeness (QED) is 0.0352. The Bertz CT molecular complexity index is 1080. The van der Waals surface area contributed by atoms with Crippen LogP contribution in [0.1, 0.15) is 213 Å². The summed E-state index contributed by atoms with van der Waals surface area (Å²) < 4.78 is 27.9. The summed E-state index contributed by atoms with van der Waals surface area (Å²) in [7, 11) is 0. The fraction of sp³-hybridized carbons (Fsp3) is 0.898. The van der Waals surface area contributed by atoms with Crippen molar-refractivity contribution < 1.29 is 52.8 Å². The third kappa shape index (κ3) is 33.5. The van der Waals surface area contributed by atoms with Gasteiger partial charge in [-0.25, -0.2) is 0 Å². The Morgan fingerprint density at radius 1 is 0.443 bits per heavy atom. The summed E-state index contributed by atoms with van der Waals surface area (Å²) >= 11 is 0. The van der Waals surface area contributed by atoms with E-state index in [-0.39, 0.29) is 76.3 Å². The van der Waals surface area contributed by atoms with Gasteiger partial charge in [0.2, 0.25) is 0 Å². The molecular weight excluding hydrogens is 779 g/mol. The maximum atomic E-state index is 12.9. The van der Waals surface area contributed by atoms with Crippen molar-refractivity contribution in [2.45, 2.75) is 219 Å². The molecule has 1 saturated carbocycles. The molecule has 0 aromatic heterocycles. The standard InChI is InChI=1S/C49H89NO11/c1-4-7-10-13-14-15-16-17-20-23-31-47(54)59-39-43(41-61-49(56)33-34-50(35-36-51)44-27-25-28-44)40-60-48(55)32-24-26-42(37-57-45(52)29-21-18-11-8-5-2)38-58-46(53)30-22-19-12-9-6-3/h42-44,51H,4-41H2,1-3H3. The van der Waals surface area contributed by atoms with Crippen molar-refractivity contribution in [3.05, 3.63) is 0 Å². The van der Waals surface area contributed by atoms with Crippen molar-refractivity contribution in [3.8, 4) is 0 Å². The van der Waals surface area contributed by atoms with Gasteiger partial charge in [-0.3, -0.25) is 28.9 Å². The fourth-order valence-electron chi connectivity index (χ4n) is 7.40. The van der Waals surface area contributed by atoms with Gasteiger partial charge in [-0.1, -0.05) is 136 Å². The van der Waals surface area contributed by atoms with Crippen LogP contribution in [0.2, 0.25) is 0 Å². The van der Waals surface area contributed by atoms with Gasteiger partial charge < -0.3 is 28.8 Å². The summed E-state index contributed by atoms with van der Waals surface area (Å²) in [5, 5.41) is 9.47. The summed E-state index contributed by atoms with van der Waals surface area (Å²) in [5.74, 6) is -2.46. The van der Waals surface area contributed by atoms with E-state index in [9.17, 15) is 29.1 Å². The Morgan fingerprint density at radius 2 is 0.770 bits per heavy atom. The first-order valence-corrected chi connectivity index (χ1v) is 24.8. The van der Waals surface area contributed by atoms with E-state index < -0.39 is 17.9 Å². The number of aliphatic hydroxyl groups is 1. The molecule has 356 valence electrons. The average Bonchev–Trinajstić information content (AvgIpc) is 3.23. The molecule has 0 amide bonds. The van der Waals surface area contributed by atoms with Gasteiger partial charge in [-0.15, -0.1) is 0 Å². The third-order valence-electron chi connectivity index (χ3n) is 11.7. The average molecular weight is 868 g/mol. The maximum Gasteiger partial charge on any atom is 0.307 e. The number of unbranched alkanes of at least 4 members (excludes halogenated alkanes) is 17. The summed E-state index contributed by atoms with van der Waals surface area (Å²) in [6, 6.07) is 0.387. The summed E-state index contributed by atoms with van der Waals surface area (Å²) in [5.41, 5.74) is 0. The van der Waals surface area contributed by atoms with Gasteiger partial charge in [0.15, 0.2) is 0 Å². The van der Waals surface area contributed by atoms with Crippen LogP contribution in [0.4, 0.5) is 0 Å². The molecule has 1 N–H and O–H groups in total. The first-order chi connectivity index (χ1) is 29.7. The van der Waals surface area contributed by atoms with Crippen molar-refractivity contribution in [2.75, 3.05) is 52.7 Å². The first kappa shape index (κ1) is 56.3. The lowest BCUT2D eigenvalue weighted by molar-refractivity contribution is -0.155. The molecule has 0 saturated heterocycles. The van der Waals surface area contributed by atoms with Crippen molar-refractivity contribution in [3.63, 3.8) is 0 Å². The monoisotopic (exact) mass is 868 g/mol. The van der Waals surface area contributed by atoms with E-state index in [0.717, 1.165) is 103 Å². The molecule has 1 rings (SSSR count). The van der Waals surface area contributed by atoms with Crippen molar-refractivity contribution in [1.82, 2.24) is 4.90 Å². The normalized spacial score (nSPS) is 13.2. The van der Waals surface area contributed by atoms with E-state index in [1.165, 1.54) is 44.9 Å². The van der Waals surface area contributed by atoms with Gasteiger partial charge in [-0.05, 0) is 44.9 Å². The lowest BCUT2D eigenvalue weighted by Crippen LogP contribution is -2.43. The minimum Gasteiger partial charge on any atom is -0.465 e. The zero-order valence-electron chi connectivity index (χ0n) is 39.1. The number of esters is 5. The molecule has 61 heavy (non-hydrogen) atoms. The van der Waals surface area contributed by atoms with E-state index >= 15 is 0 Å². The Morgan fingerprint density at radius 3 is 1.11 bits per heavy atom. The molecule has 0 aliphatic heterocycles. The van der Waals surface area contributed by atoms with Gasteiger partial charge in [0.25, 0.3) is 0 Å². The van der Waals surface area contributed by atoms with E-state index in [1.807, 2.05) is 0 Å². The summed E-state index contributed by atoms with van der Waals surface area (Å²) in [6.07, 6.45) is 27.5. The molecule has 1 fully saturated rings. The van der Waals surface area contributed by atoms with Crippen molar-refractivity contribution in [2.24, 2.45) is 11.8 Å². The summed E-state index contributed by atoms with van der Waals surface area (Å²) in [4.78, 5) is 65.4. The number of nitrogens with zero attached hydrogens (tertiary/aromatic N) is 1. The van der Waals surface area contributed by atoms with Gasteiger partial charge in [0.1, 0.15) is 19.8 Å². The molecule has 0 spiro atoms. The molecule has 1 aliphatic rings. The second-order valence-electron chi connectivity index (χ2n) is 17.4. The molecule has 1 atom stereocenters. The van der Waals surface area contributed by atoms with Crippen LogP contribution in [0.3, 0.4) is 0 Å². The predicted molar refractivity (Wildman–Crippen MR) is 240 cm³/mol. The molecule has 12 heteroatoms. The molecular formula is C49H89NO11. The van der Waals surface area contributed by atoms with E-state index in [1.54, 1.807) is 0 Å². The van der Waals surface area contributed by atoms with Gasteiger partial charge in [-0.2, -0.15) is 0 Å². The van der Waals surface area contributed by atoms with Crippen LogP contribution in [0.25, 0.3) is 0 Å². The van der Waals surface area contributed by atoms with Crippen molar-refractivity contribution >= 4 is 29.8 Å². The minimum absolute atomic E-state index is 0.0313. The summed E-state index contributed by atoms with van der Waals surface area (Å²) in [6.45, 7) is 7.62. The van der Waals surface area contributed by atoms with Gasteiger partial charge in [0, 0.05) is 50.7 Å². The molecule has 0 bridgehead atoms. The first-order valence-electron chi connectivity index (χ1n) is 24.8. The highest BCUT2D eigenvalue weighted by Gasteiger charge is 2.25. The zero-order valence-corrected chi connectivity index (χ0v) is 39.1. The number of hydrogen-bond donors (Lipinski definition) is 1. The largest absolute Gasteiger partial charge is 0.465 e. The Kier molecular flexibility index (Phi) is 37.0. The lowest BCUT2D eigenvalue weighted by Gasteiger charge is -2.37. The highest BCUT2D eigenvalue weighted by Crippen LogP contribution is 2.24. The molecule has 1 unspecified atom stereocenters. The number of hydrogen-bond acceptors (Lipinski definition) is 12. The fourth-order valence-corrected chi connectivity index (χ4v) is 7.40. The number of carbonyl (C=O) groups excluding carboxylic acids is 5. The maximum absolute atomic E-state index is 12.9. The van der Waals surface area contributed by atoms with Gasteiger partial charge >= 0.3 is 29.8 Å². The highest BCUT2D eigenvalue weighted by atomic mass is 16.6. The van der Waals surface area contributed by atoms with Crippen LogP contribution in [0.15, 0.2) is 0 Å². The molecule has 1 aliphatic carbocycles. The third-order valence-corrected chi connectivity index (χ3v) is 11.7. The molecule has 0 radical (unpaired) electrons. The lowest BCUT2D eigenvalue weighted by atomic mass is 9.91. The number of carbonyl (C=O) groups is 5. The SMILES string of the molecule is CCCCCCCCCCCCC(=O)OCC(COC(=O)CCCC(COC(=O)CCCCCCC)COC(=O)CCCCCCC)COC(=O)CCN(CCO)C1CCC1. The second-order valence-corrected chi connectivity index (χ2v) is 17.4. The Hall–Kier alpha value is -2.73. The molecule has 0 heterocycles. The Balaban J connectivity index is 2.65. The number of rotatable bonds is 43. The molecule has 0 aromatic rings. The van der Waals surface area contributed by atoms with E-state index in [4.69, 9.17) is 23.7 Å². The van der Waals surface area contributed by atoms with Gasteiger partial charge in [0.05, 0.1) is 32.2 Å². The molecule has 12 nitrogen and oxygen atoms in total. The van der Waals surface area contributed by atoms with E-state index in [2.05, 4.69) is 25.7 Å². The molecule has 0 aromatic carbocycles. The topological polar surface area (TPSA) is 155 Å². The second kappa shape index (κ2) is 40.1. The number of aliphatic hydroxyl groups excluding tert-OH is 1. The number of ether oxygens (including phenoxy) is 5. The smallest absolute Gasteiger partial charge is 0.307 e. The van der Waals surface area contributed by atoms with Crippen molar-refractivity contribution in [1.29, 1.82) is 0 Å². The van der Waals surface area contributed by atoms with E-state index in [0.29, 0.717) is 51.2 Å². The van der Waals surface area contributed by atoms with Crippen LogP contribution in [-0.4, -0.2) is 98.6 Å². The minimum atomic E-state index is -0.528. The van der Waals surface area contributed by atoms with Crippen LogP contribution in [0, 0.1) is 11.8 Å². The van der Waals surface area contributed by atoms with Crippen LogP contribution < -0.4 is 0 Å². The van der Waals surface area contributed by atoms with Crippen LogP contribution in [-0.2, 0) is 47.7 Å². The predicted octanol–water partition coefficient (Wildman–Crippen LogP) is 10.4. The Labute approximate surface area is 370 Å². The highest BCUT2D eigenvalue weighted by molar-refractivity contribution is 5.71. The zero-order chi connectivity index (χ0) is 44.6. The van der Waals surface area contributed by atoms with Crippen LogP contribution in [0.5, 0.6) is 0 Å². The van der Waals surface area contributed by atoms with Crippen LogP contribution >= 0.6 is 0 Å².